The number of anilines is 4. The van der Waals surface area contributed by atoms with Crippen LogP contribution in [0.15, 0.2) is 48.1 Å². The van der Waals surface area contributed by atoms with E-state index in [4.69, 9.17) is 10.5 Å². The summed E-state index contributed by atoms with van der Waals surface area (Å²) in [5.74, 6) is 1.76. The van der Waals surface area contributed by atoms with Crippen molar-refractivity contribution in [1.82, 2.24) is 14.9 Å². The molecule has 8 nitrogen and oxygen atoms in total. The standard InChI is InChI=1S/C27H32N6O2S/c1-3-9-33-10-6-17(7-11-33)18-4-5-20(24(13-18)35-2)31-25-14-19-22(15-29-16-23(19)32-25)30-21-8-12-36-26(21)27(28)34/h4-5,8,12-17,30-32H,3,6-7,9-11H2,1-2H3,(H2,28,34). The Morgan fingerprint density at radius 3 is 2.75 bits per heavy atom. The summed E-state index contributed by atoms with van der Waals surface area (Å²) in [6, 6.07) is 10.3. The third-order valence-electron chi connectivity index (χ3n) is 6.80. The molecule has 0 bridgehead atoms. The predicted octanol–water partition coefficient (Wildman–Crippen LogP) is 5.81. The van der Waals surface area contributed by atoms with Gasteiger partial charge in [-0.05, 0) is 80.0 Å². The molecule has 1 saturated heterocycles. The number of hydrogen-bond acceptors (Lipinski definition) is 7. The maximum atomic E-state index is 11.7. The first-order valence-corrected chi connectivity index (χ1v) is 13.2. The number of carbonyl (C=O) groups is 1. The van der Waals surface area contributed by atoms with E-state index in [2.05, 4.69) is 50.6 Å². The number of primary amides is 1. The van der Waals surface area contributed by atoms with Gasteiger partial charge >= 0.3 is 0 Å². The number of H-pyrrole nitrogens is 1. The molecule has 1 aliphatic rings. The number of ether oxygens (including phenoxy) is 1. The van der Waals surface area contributed by atoms with Crippen LogP contribution in [0, 0.1) is 0 Å². The van der Waals surface area contributed by atoms with E-state index in [0.29, 0.717) is 16.5 Å². The van der Waals surface area contributed by atoms with Crippen LogP contribution >= 0.6 is 11.3 Å². The largest absolute Gasteiger partial charge is 0.495 e. The summed E-state index contributed by atoms with van der Waals surface area (Å²) in [5.41, 5.74) is 10.1. The van der Waals surface area contributed by atoms with Crippen LogP contribution in [0.5, 0.6) is 5.75 Å². The quantitative estimate of drug-likeness (QED) is 0.229. The van der Waals surface area contributed by atoms with Crippen LogP contribution in [0.1, 0.15) is 47.3 Å². The molecule has 5 rings (SSSR count). The van der Waals surface area contributed by atoms with Crippen LogP contribution in [0.3, 0.4) is 0 Å². The number of aromatic amines is 1. The van der Waals surface area contributed by atoms with Crippen molar-refractivity contribution in [3.05, 3.63) is 58.5 Å². The van der Waals surface area contributed by atoms with E-state index in [1.54, 1.807) is 19.5 Å². The number of likely N-dealkylation sites (tertiary alicyclic amines) is 1. The lowest BCUT2D eigenvalue weighted by atomic mass is 9.89. The molecular weight excluding hydrogens is 472 g/mol. The molecule has 0 spiro atoms. The van der Waals surface area contributed by atoms with E-state index in [1.807, 2.05) is 17.5 Å². The smallest absolute Gasteiger partial charge is 0.260 e. The second kappa shape index (κ2) is 10.6. The van der Waals surface area contributed by atoms with Gasteiger partial charge in [-0.25, -0.2) is 0 Å². The first-order valence-electron chi connectivity index (χ1n) is 12.3. The maximum absolute atomic E-state index is 11.7. The zero-order chi connectivity index (χ0) is 25.1. The van der Waals surface area contributed by atoms with Crippen LogP contribution in [0.4, 0.5) is 22.9 Å². The Labute approximate surface area is 214 Å². The Morgan fingerprint density at radius 1 is 1.17 bits per heavy atom. The monoisotopic (exact) mass is 504 g/mol. The number of methoxy groups -OCH3 is 1. The normalized spacial score (nSPS) is 14.7. The summed E-state index contributed by atoms with van der Waals surface area (Å²) in [6.07, 6.45) is 7.09. The van der Waals surface area contributed by atoms with Gasteiger partial charge in [0.05, 0.1) is 42.1 Å². The lowest BCUT2D eigenvalue weighted by Gasteiger charge is -2.32. The van der Waals surface area contributed by atoms with Crippen molar-refractivity contribution in [1.29, 1.82) is 0 Å². The minimum atomic E-state index is -0.453. The van der Waals surface area contributed by atoms with Crippen molar-refractivity contribution in [2.24, 2.45) is 5.73 Å². The highest BCUT2D eigenvalue weighted by atomic mass is 32.1. The number of benzene rings is 1. The number of rotatable bonds is 9. The molecule has 0 saturated carbocycles. The summed E-state index contributed by atoms with van der Waals surface area (Å²) in [7, 11) is 1.71. The number of fused-ring (bicyclic) bond motifs is 1. The first-order chi connectivity index (χ1) is 17.6. The fourth-order valence-electron chi connectivity index (χ4n) is 4.98. The number of aromatic nitrogens is 2. The Kier molecular flexibility index (Phi) is 7.11. The van der Waals surface area contributed by atoms with E-state index in [9.17, 15) is 4.79 Å². The van der Waals surface area contributed by atoms with Crippen LogP contribution in [0.25, 0.3) is 10.9 Å². The van der Waals surface area contributed by atoms with Gasteiger partial charge < -0.3 is 31.0 Å². The van der Waals surface area contributed by atoms with Gasteiger partial charge in [-0.2, -0.15) is 0 Å². The second-order valence-electron chi connectivity index (χ2n) is 9.18. The predicted molar refractivity (Wildman–Crippen MR) is 147 cm³/mol. The van der Waals surface area contributed by atoms with Crippen LogP contribution in [-0.2, 0) is 0 Å². The van der Waals surface area contributed by atoms with Gasteiger partial charge in [-0.15, -0.1) is 11.3 Å². The molecule has 0 aliphatic carbocycles. The van der Waals surface area contributed by atoms with E-state index >= 15 is 0 Å². The van der Waals surface area contributed by atoms with Crippen LogP contribution < -0.4 is 21.1 Å². The number of piperidine rings is 1. The molecular formula is C27H32N6O2S. The van der Waals surface area contributed by atoms with Gasteiger partial charge in [0.1, 0.15) is 16.4 Å². The average Bonchev–Trinajstić information content (AvgIpc) is 3.52. The lowest BCUT2D eigenvalue weighted by molar-refractivity contribution is 0.100. The molecule has 9 heteroatoms. The molecule has 1 amide bonds. The number of pyridine rings is 1. The Balaban J connectivity index is 1.35. The first kappa shape index (κ1) is 24.1. The Bertz CT molecular complexity index is 1360. The average molecular weight is 505 g/mol. The van der Waals surface area contributed by atoms with Crippen molar-refractivity contribution < 1.29 is 9.53 Å². The number of hydrogen-bond donors (Lipinski definition) is 4. The second-order valence-corrected chi connectivity index (χ2v) is 10.1. The van der Waals surface area contributed by atoms with E-state index < -0.39 is 5.91 Å². The van der Waals surface area contributed by atoms with Crippen molar-refractivity contribution >= 4 is 51.0 Å². The third-order valence-corrected chi connectivity index (χ3v) is 7.73. The molecule has 1 aliphatic heterocycles. The van der Waals surface area contributed by atoms with Gasteiger partial charge in [0, 0.05) is 5.39 Å². The molecule has 36 heavy (non-hydrogen) atoms. The third kappa shape index (κ3) is 5.03. The summed E-state index contributed by atoms with van der Waals surface area (Å²) in [5, 5.41) is 9.55. The fraction of sp³-hybridized carbons (Fsp3) is 0.333. The van der Waals surface area contributed by atoms with Gasteiger partial charge in [-0.1, -0.05) is 13.0 Å². The minimum Gasteiger partial charge on any atom is -0.495 e. The number of nitrogens with two attached hydrogens (primary N) is 1. The molecule has 1 aromatic carbocycles. The van der Waals surface area contributed by atoms with Crippen molar-refractivity contribution in [3.63, 3.8) is 0 Å². The lowest BCUT2D eigenvalue weighted by Crippen LogP contribution is -2.33. The fourth-order valence-corrected chi connectivity index (χ4v) is 5.68. The Morgan fingerprint density at radius 2 is 2.00 bits per heavy atom. The van der Waals surface area contributed by atoms with Crippen molar-refractivity contribution in [3.8, 4) is 5.75 Å². The molecule has 188 valence electrons. The maximum Gasteiger partial charge on any atom is 0.260 e. The molecule has 0 unspecified atom stereocenters. The van der Waals surface area contributed by atoms with Gasteiger partial charge in [0.25, 0.3) is 5.91 Å². The minimum absolute atomic E-state index is 0.453. The molecule has 4 aromatic rings. The highest BCUT2D eigenvalue weighted by molar-refractivity contribution is 7.12. The highest BCUT2D eigenvalue weighted by Crippen LogP contribution is 2.36. The molecule has 1 fully saturated rings. The molecule has 0 radical (unpaired) electrons. The molecule has 3 aromatic heterocycles. The summed E-state index contributed by atoms with van der Waals surface area (Å²) in [6.45, 7) is 5.75. The Hall–Kier alpha value is -3.56. The summed E-state index contributed by atoms with van der Waals surface area (Å²) < 4.78 is 5.76. The van der Waals surface area contributed by atoms with Gasteiger partial charge in [-0.3, -0.25) is 9.78 Å². The summed E-state index contributed by atoms with van der Waals surface area (Å²) in [4.78, 5) is 22.5. The highest BCUT2D eigenvalue weighted by Gasteiger charge is 2.21. The number of carbonyl (C=O) groups excluding carboxylic acids is 1. The SMILES string of the molecule is CCCN1CCC(c2ccc(Nc3cc4c(Nc5ccsc5C(N)=O)cncc4[nH]3)c(OC)c2)CC1. The van der Waals surface area contributed by atoms with Crippen LogP contribution in [0.2, 0.25) is 0 Å². The van der Waals surface area contributed by atoms with E-state index in [1.165, 1.54) is 42.7 Å². The molecule has 4 heterocycles. The zero-order valence-electron chi connectivity index (χ0n) is 20.6. The topological polar surface area (TPSA) is 108 Å². The number of thiophene rings is 1. The van der Waals surface area contributed by atoms with Gasteiger partial charge in [0.2, 0.25) is 0 Å². The number of nitrogens with one attached hydrogen (secondary N) is 3. The number of amides is 1. The number of nitrogens with zero attached hydrogens (tertiary/aromatic N) is 2. The van der Waals surface area contributed by atoms with Crippen LogP contribution in [-0.4, -0.2) is 47.5 Å². The molecule has 5 N–H and O–H groups in total. The van der Waals surface area contributed by atoms with E-state index in [0.717, 1.165) is 46.9 Å². The summed E-state index contributed by atoms with van der Waals surface area (Å²) >= 11 is 1.31. The zero-order valence-corrected chi connectivity index (χ0v) is 21.5. The van der Waals surface area contributed by atoms with Gasteiger partial charge in [0.15, 0.2) is 0 Å². The van der Waals surface area contributed by atoms with Crippen molar-refractivity contribution in [2.45, 2.75) is 32.1 Å². The van der Waals surface area contributed by atoms with Crippen molar-refractivity contribution in [2.75, 3.05) is 37.4 Å². The molecule has 0 atom stereocenters. The van der Waals surface area contributed by atoms with E-state index in [-0.39, 0.29) is 0 Å².